The number of hydrogen-bond donors (Lipinski definition) is 1. The van der Waals surface area contributed by atoms with Crippen LogP contribution in [0, 0.1) is 12.3 Å². The first kappa shape index (κ1) is 20.6. The normalized spacial score (nSPS) is 10.4. The Labute approximate surface area is 162 Å². The smallest absolute Gasteiger partial charge is 0.269 e. The van der Waals surface area contributed by atoms with E-state index >= 15 is 0 Å². The van der Waals surface area contributed by atoms with Crippen LogP contribution >= 0.6 is 0 Å². The molecule has 5 nitrogen and oxygen atoms in total. The highest BCUT2D eigenvalue weighted by Crippen LogP contribution is 2.14. The summed E-state index contributed by atoms with van der Waals surface area (Å²) in [6.45, 7) is 3.17. The Morgan fingerprint density at radius 1 is 1.26 bits per heavy atom. The Kier molecular flexibility index (Phi) is 8.44. The lowest BCUT2D eigenvalue weighted by atomic mass is 10.1. The van der Waals surface area contributed by atoms with Crippen molar-refractivity contribution in [2.45, 2.75) is 52.0 Å². The van der Waals surface area contributed by atoms with E-state index < -0.39 is 0 Å². The third-order valence-corrected chi connectivity index (χ3v) is 4.36. The number of carbonyl (C=O) groups excluding carboxylic acids is 1. The van der Waals surface area contributed by atoms with Crippen molar-refractivity contribution in [3.8, 4) is 18.1 Å². The topological polar surface area (TPSA) is 56.1 Å². The number of aryl methyl sites for hydroxylation is 2. The molecule has 0 fully saturated rings. The van der Waals surface area contributed by atoms with Crippen molar-refractivity contribution in [3.05, 3.63) is 47.3 Å². The lowest BCUT2D eigenvalue weighted by molar-refractivity contribution is 0.0941. The van der Waals surface area contributed by atoms with Crippen molar-refractivity contribution in [3.63, 3.8) is 0 Å². The Hall–Kier alpha value is -2.74. The van der Waals surface area contributed by atoms with Gasteiger partial charge in [-0.05, 0) is 43.0 Å². The fourth-order valence-corrected chi connectivity index (χ4v) is 2.80. The van der Waals surface area contributed by atoms with Gasteiger partial charge in [0.1, 0.15) is 11.4 Å². The Balaban J connectivity index is 1.77. The Morgan fingerprint density at radius 2 is 2.07 bits per heavy atom. The first-order chi connectivity index (χ1) is 13.1. The number of nitrogens with zero attached hydrogens (tertiary/aromatic N) is 2. The zero-order valence-electron chi connectivity index (χ0n) is 16.3. The summed E-state index contributed by atoms with van der Waals surface area (Å²) in [5, 5.41) is 7.26. The maximum Gasteiger partial charge on any atom is 0.269 e. The monoisotopic (exact) mass is 367 g/mol. The van der Waals surface area contributed by atoms with Gasteiger partial charge < -0.3 is 10.1 Å². The molecule has 1 amide bonds. The van der Waals surface area contributed by atoms with Gasteiger partial charge in [-0.1, -0.05) is 31.9 Å². The van der Waals surface area contributed by atoms with Gasteiger partial charge in [0, 0.05) is 20.0 Å². The molecule has 0 unspecified atom stereocenters. The number of rotatable bonds is 11. The molecule has 27 heavy (non-hydrogen) atoms. The van der Waals surface area contributed by atoms with Gasteiger partial charge in [0.15, 0.2) is 0 Å². The maximum atomic E-state index is 12.4. The number of terminal acetylenes is 1. The lowest BCUT2D eigenvalue weighted by Crippen LogP contribution is -2.25. The van der Waals surface area contributed by atoms with Gasteiger partial charge in [-0.15, -0.1) is 12.3 Å². The molecular formula is C22H29N3O2. The molecule has 5 heteroatoms. The van der Waals surface area contributed by atoms with E-state index in [0.29, 0.717) is 18.8 Å². The molecule has 0 saturated heterocycles. The van der Waals surface area contributed by atoms with Crippen LogP contribution in [-0.4, -0.2) is 22.3 Å². The summed E-state index contributed by atoms with van der Waals surface area (Å²) in [5.41, 5.74) is 2.49. The second-order valence-corrected chi connectivity index (χ2v) is 6.54. The van der Waals surface area contributed by atoms with E-state index in [1.54, 1.807) is 11.7 Å². The summed E-state index contributed by atoms with van der Waals surface area (Å²) < 4.78 is 7.44. The Bertz CT molecular complexity index is 774. The van der Waals surface area contributed by atoms with Crippen LogP contribution in [0.15, 0.2) is 30.3 Å². The highest BCUT2D eigenvalue weighted by molar-refractivity contribution is 5.92. The lowest BCUT2D eigenvalue weighted by Gasteiger charge is -2.09. The standard InChI is InChI=1S/C22H29N3O2/c1-4-6-7-8-9-10-14-27-20-13-11-12-18(15-20)17-23-22(26)21-16-19(5-2)24-25(21)3/h1,11-13,15-16H,5-10,14,17H2,2-3H3,(H,23,26). The minimum Gasteiger partial charge on any atom is -0.494 e. The molecule has 1 heterocycles. The number of aromatic nitrogens is 2. The van der Waals surface area contributed by atoms with E-state index in [2.05, 4.69) is 16.3 Å². The first-order valence-corrected chi connectivity index (χ1v) is 9.60. The number of nitrogens with one attached hydrogen (secondary N) is 1. The van der Waals surface area contributed by atoms with Crippen LogP contribution < -0.4 is 10.1 Å². The van der Waals surface area contributed by atoms with Crippen LogP contribution in [0.2, 0.25) is 0 Å². The van der Waals surface area contributed by atoms with Crippen molar-refractivity contribution in [2.24, 2.45) is 7.05 Å². The van der Waals surface area contributed by atoms with Crippen LogP contribution in [0.3, 0.4) is 0 Å². The van der Waals surface area contributed by atoms with Gasteiger partial charge in [-0.2, -0.15) is 5.10 Å². The predicted molar refractivity (Wildman–Crippen MR) is 108 cm³/mol. The average molecular weight is 367 g/mol. The molecule has 0 spiro atoms. The quantitative estimate of drug-likeness (QED) is 0.484. The van der Waals surface area contributed by atoms with Crippen molar-refractivity contribution in [1.29, 1.82) is 0 Å². The van der Waals surface area contributed by atoms with Crippen LogP contribution in [-0.2, 0) is 20.0 Å². The van der Waals surface area contributed by atoms with E-state index in [0.717, 1.165) is 55.5 Å². The van der Waals surface area contributed by atoms with Gasteiger partial charge in [-0.25, -0.2) is 0 Å². The summed E-state index contributed by atoms with van der Waals surface area (Å²) in [7, 11) is 1.79. The van der Waals surface area contributed by atoms with Crippen LogP contribution in [0.4, 0.5) is 0 Å². The number of ether oxygens (including phenoxy) is 1. The number of carbonyl (C=O) groups is 1. The second-order valence-electron chi connectivity index (χ2n) is 6.54. The van der Waals surface area contributed by atoms with E-state index in [1.165, 1.54) is 0 Å². The molecule has 144 valence electrons. The molecule has 0 atom stereocenters. The van der Waals surface area contributed by atoms with Gasteiger partial charge in [0.05, 0.1) is 12.3 Å². The van der Waals surface area contributed by atoms with E-state index in [4.69, 9.17) is 11.2 Å². The van der Waals surface area contributed by atoms with Gasteiger partial charge >= 0.3 is 0 Å². The minimum absolute atomic E-state index is 0.122. The number of unbranched alkanes of at least 4 members (excludes halogenated alkanes) is 4. The Morgan fingerprint density at radius 3 is 2.81 bits per heavy atom. The van der Waals surface area contributed by atoms with E-state index in [-0.39, 0.29) is 5.91 Å². The van der Waals surface area contributed by atoms with Gasteiger partial charge in [0.2, 0.25) is 0 Å². The summed E-state index contributed by atoms with van der Waals surface area (Å²) >= 11 is 0. The molecule has 2 aromatic rings. The highest BCUT2D eigenvalue weighted by atomic mass is 16.5. The highest BCUT2D eigenvalue weighted by Gasteiger charge is 2.12. The minimum atomic E-state index is -0.122. The van der Waals surface area contributed by atoms with Crippen molar-refractivity contribution in [1.82, 2.24) is 15.1 Å². The first-order valence-electron chi connectivity index (χ1n) is 9.60. The van der Waals surface area contributed by atoms with Gasteiger partial charge in [-0.3, -0.25) is 9.48 Å². The molecule has 2 rings (SSSR count). The van der Waals surface area contributed by atoms with Crippen molar-refractivity contribution >= 4 is 5.91 Å². The molecule has 0 radical (unpaired) electrons. The SMILES string of the molecule is C#CCCCCCCOc1cccc(CNC(=O)c2cc(CC)nn2C)c1. The molecule has 0 aliphatic carbocycles. The molecule has 0 aliphatic heterocycles. The summed E-state index contributed by atoms with van der Waals surface area (Å²) in [6.07, 6.45) is 11.3. The molecule has 0 aliphatic rings. The second kappa shape index (κ2) is 11.1. The molecular weight excluding hydrogens is 338 g/mol. The van der Waals surface area contributed by atoms with Crippen molar-refractivity contribution < 1.29 is 9.53 Å². The van der Waals surface area contributed by atoms with Gasteiger partial charge in [0.25, 0.3) is 5.91 Å². The zero-order valence-corrected chi connectivity index (χ0v) is 16.3. The van der Waals surface area contributed by atoms with E-state index in [9.17, 15) is 4.79 Å². The van der Waals surface area contributed by atoms with Crippen LogP contribution in [0.25, 0.3) is 0 Å². The third-order valence-electron chi connectivity index (χ3n) is 4.36. The fourth-order valence-electron chi connectivity index (χ4n) is 2.80. The molecule has 1 N–H and O–H groups in total. The average Bonchev–Trinajstić information content (AvgIpc) is 3.07. The van der Waals surface area contributed by atoms with Crippen LogP contribution in [0.1, 0.15) is 60.8 Å². The predicted octanol–water partition coefficient (Wildman–Crippen LogP) is 3.88. The summed E-state index contributed by atoms with van der Waals surface area (Å²) in [6, 6.07) is 9.67. The molecule has 0 bridgehead atoms. The number of benzene rings is 1. The van der Waals surface area contributed by atoms with E-state index in [1.807, 2.05) is 37.3 Å². The molecule has 1 aromatic heterocycles. The molecule has 0 saturated carbocycles. The number of hydrogen-bond acceptors (Lipinski definition) is 3. The zero-order chi connectivity index (χ0) is 19.5. The largest absolute Gasteiger partial charge is 0.494 e. The third kappa shape index (κ3) is 6.82. The van der Waals surface area contributed by atoms with Crippen LogP contribution in [0.5, 0.6) is 5.75 Å². The fraction of sp³-hybridized carbons (Fsp3) is 0.455. The number of amides is 1. The molecule has 1 aromatic carbocycles. The summed E-state index contributed by atoms with van der Waals surface area (Å²) in [5.74, 6) is 3.37. The maximum absolute atomic E-state index is 12.4. The summed E-state index contributed by atoms with van der Waals surface area (Å²) in [4.78, 5) is 12.4. The van der Waals surface area contributed by atoms with Crippen molar-refractivity contribution in [2.75, 3.05) is 6.61 Å².